The molecule has 0 spiro atoms. The molecule has 20 heavy (non-hydrogen) atoms. The Bertz CT molecular complexity index is 540. The molecule has 2 rings (SSSR count). The van der Waals surface area contributed by atoms with Crippen molar-refractivity contribution in [3.8, 4) is 11.5 Å². The molecular formula is C17H20FOSi. The van der Waals surface area contributed by atoms with Crippen molar-refractivity contribution < 1.29 is 9.13 Å². The highest BCUT2D eigenvalue weighted by Gasteiger charge is 2.10. The average Bonchev–Trinajstić information content (AvgIpc) is 2.44. The van der Waals surface area contributed by atoms with Gasteiger partial charge in [0.1, 0.15) is 5.75 Å². The van der Waals surface area contributed by atoms with Crippen molar-refractivity contribution in [1.82, 2.24) is 0 Å². The van der Waals surface area contributed by atoms with Crippen LogP contribution in [0.4, 0.5) is 4.39 Å². The molecule has 1 radical (unpaired) electrons. The van der Waals surface area contributed by atoms with Gasteiger partial charge in [-0.15, -0.1) is 0 Å². The minimum Gasteiger partial charge on any atom is -0.454 e. The first-order chi connectivity index (χ1) is 9.66. The predicted molar refractivity (Wildman–Crippen MR) is 83.5 cm³/mol. The lowest BCUT2D eigenvalue weighted by Crippen LogP contribution is -2.01. The van der Waals surface area contributed by atoms with Gasteiger partial charge in [-0.05, 0) is 30.2 Å². The summed E-state index contributed by atoms with van der Waals surface area (Å²) in [6.07, 6.45) is 1.83. The van der Waals surface area contributed by atoms with Gasteiger partial charge >= 0.3 is 0 Å². The van der Waals surface area contributed by atoms with Crippen LogP contribution in [-0.2, 0) is 6.42 Å². The molecule has 0 aliphatic carbocycles. The summed E-state index contributed by atoms with van der Waals surface area (Å²) in [5, 5.41) is 0. The molecule has 0 fully saturated rings. The molecule has 0 unspecified atom stereocenters. The molecule has 0 bridgehead atoms. The van der Waals surface area contributed by atoms with E-state index < -0.39 is 0 Å². The zero-order valence-electron chi connectivity index (χ0n) is 12.0. The minimum atomic E-state index is -0.229. The Morgan fingerprint density at radius 2 is 1.75 bits per heavy atom. The maximum atomic E-state index is 14.4. The van der Waals surface area contributed by atoms with E-state index in [0.29, 0.717) is 11.5 Å². The summed E-state index contributed by atoms with van der Waals surface area (Å²) in [5.74, 6) is 0.751. The Morgan fingerprint density at radius 1 is 1.00 bits per heavy atom. The standard InChI is InChI=1S/C17H20FOSi/c1-20(2)13-7-9-14-8-6-12-16(17(14)18)19-15-10-4-3-5-11-15/h3-6,8,10-12H,7,9,13H2,1-2H3. The summed E-state index contributed by atoms with van der Waals surface area (Å²) in [6.45, 7) is 4.58. The molecule has 0 N–H and O–H groups in total. The molecule has 1 nitrogen and oxygen atoms in total. The SMILES string of the molecule is C[Si](C)CCCc1cccc(Oc2ccccc2)c1F. The highest BCUT2D eigenvalue weighted by atomic mass is 28.3. The summed E-state index contributed by atoms with van der Waals surface area (Å²) in [6, 6.07) is 15.9. The van der Waals surface area contributed by atoms with Crippen LogP contribution >= 0.6 is 0 Å². The number of rotatable bonds is 6. The molecule has 0 amide bonds. The topological polar surface area (TPSA) is 9.23 Å². The highest BCUT2D eigenvalue weighted by Crippen LogP contribution is 2.27. The molecule has 0 atom stereocenters. The first-order valence-corrected chi connectivity index (χ1v) is 9.67. The van der Waals surface area contributed by atoms with Gasteiger partial charge in [-0.25, -0.2) is 4.39 Å². The van der Waals surface area contributed by atoms with Crippen molar-refractivity contribution in [2.45, 2.75) is 32.0 Å². The fourth-order valence-electron chi connectivity index (χ4n) is 2.08. The summed E-state index contributed by atoms with van der Waals surface area (Å²) < 4.78 is 20.0. The van der Waals surface area contributed by atoms with E-state index in [1.807, 2.05) is 42.5 Å². The van der Waals surface area contributed by atoms with E-state index in [9.17, 15) is 4.39 Å². The molecule has 3 heteroatoms. The Morgan fingerprint density at radius 3 is 2.45 bits per heavy atom. The molecule has 0 saturated heterocycles. The van der Waals surface area contributed by atoms with Gasteiger partial charge < -0.3 is 4.74 Å². The van der Waals surface area contributed by atoms with Crippen LogP contribution in [0.5, 0.6) is 11.5 Å². The second-order valence-electron chi connectivity index (χ2n) is 5.21. The van der Waals surface area contributed by atoms with E-state index in [1.165, 1.54) is 6.04 Å². The largest absolute Gasteiger partial charge is 0.454 e. The van der Waals surface area contributed by atoms with Crippen molar-refractivity contribution in [3.05, 3.63) is 59.9 Å². The first-order valence-electron chi connectivity index (χ1n) is 6.96. The van der Waals surface area contributed by atoms with Crippen LogP contribution < -0.4 is 4.74 Å². The Kier molecular flexibility index (Phi) is 5.36. The van der Waals surface area contributed by atoms with Crippen molar-refractivity contribution in [1.29, 1.82) is 0 Å². The summed E-state index contributed by atoms with van der Waals surface area (Å²) >= 11 is 0. The van der Waals surface area contributed by atoms with Crippen molar-refractivity contribution in [3.63, 3.8) is 0 Å². The van der Waals surface area contributed by atoms with Crippen LogP contribution in [0.3, 0.4) is 0 Å². The number of para-hydroxylation sites is 1. The third kappa shape index (κ3) is 4.20. The van der Waals surface area contributed by atoms with E-state index >= 15 is 0 Å². The van der Waals surface area contributed by atoms with Crippen molar-refractivity contribution in [2.24, 2.45) is 0 Å². The number of hydrogen-bond acceptors (Lipinski definition) is 1. The fraction of sp³-hybridized carbons (Fsp3) is 0.294. The molecule has 2 aromatic carbocycles. The van der Waals surface area contributed by atoms with Gasteiger partial charge in [-0.2, -0.15) is 0 Å². The molecule has 2 aromatic rings. The number of halogens is 1. The summed E-state index contributed by atoms with van der Waals surface area (Å²) in [7, 11) is -0.229. The highest BCUT2D eigenvalue weighted by molar-refractivity contribution is 6.55. The van der Waals surface area contributed by atoms with Gasteiger partial charge in [0.25, 0.3) is 0 Å². The molecule has 105 valence electrons. The summed E-state index contributed by atoms with van der Waals surface area (Å²) in [5.41, 5.74) is 0.752. The van der Waals surface area contributed by atoms with Crippen molar-refractivity contribution >= 4 is 8.80 Å². The van der Waals surface area contributed by atoms with E-state index in [0.717, 1.165) is 18.4 Å². The maximum absolute atomic E-state index is 14.4. The first kappa shape index (κ1) is 14.8. The number of ether oxygens (including phenoxy) is 1. The lowest BCUT2D eigenvalue weighted by atomic mass is 10.1. The lowest BCUT2D eigenvalue weighted by molar-refractivity contribution is 0.438. The van der Waals surface area contributed by atoms with E-state index in [-0.39, 0.29) is 14.6 Å². The van der Waals surface area contributed by atoms with Crippen LogP contribution in [0.25, 0.3) is 0 Å². The van der Waals surface area contributed by atoms with Gasteiger partial charge in [0.15, 0.2) is 11.6 Å². The molecule has 0 aliphatic rings. The smallest absolute Gasteiger partial charge is 0.168 e. The van der Waals surface area contributed by atoms with Gasteiger partial charge in [0, 0.05) is 8.80 Å². The van der Waals surface area contributed by atoms with E-state index in [1.54, 1.807) is 6.07 Å². The maximum Gasteiger partial charge on any atom is 0.168 e. The fourth-order valence-corrected chi connectivity index (χ4v) is 2.96. The summed E-state index contributed by atoms with van der Waals surface area (Å²) in [4.78, 5) is 0. The Balaban J connectivity index is 2.07. The van der Waals surface area contributed by atoms with Gasteiger partial charge in [-0.3, -0.25) is 0 Å². The molecule has 0 heterocycles. The van der Waals surface area contributed by atoms with Gasteiger partial charge in [0.2, 0.25) is 0 Å². The van der Waals surface area contributed by atoms with Crippen LogP contribution in [0.2, 0.25) is 19.1 Å². The van der Waals surface area contributed by atoms with Crippen LogP contribution in [-0.4, -0.2) is 8.80 Å². The van der Waals surface area contributed by atoms with Gasteiger partial charge in [-0.1, -0.05) is 55.9 Å². The zero-order chi connectivity index (χ0) is 14.4. The third-order valence-electron chi connectivity index (χ3n) is 3.14. The van der Waals surface area contributed by atoms with E-state index in [4.69, 9.17) is 4.74 Å². The zero-order valence-corrected chi connectivity index (χ0v) is 13.0. The van der Waals surface area contributed by atoms with Crippen LogP contribution in [0.15, 0.2) is 48.5 Å². The molecule has 0 saturated carbocycles. The average molecular weight is 287 g/mol. The van der Waals surface area contributed by atoms with E-state index in [2.05, 4.69) is 13.1 Å². The number of aryl methyl sites for hydroxylation is 1. The lowest BCUT2D eigenvalue weighted by Gasteiger charge is -2.10. The Labute approximate surface area is 122 Å². The van der Waals surface area contributed by atoms with Crippen molar-refractivity contribution in [2.75, 3.05) is 0 Å². The monoisotopic (exact) mass is 287 g/mol. The minimum absolute atomic E-state index is 0.225. The van der Waals surface area contributed by atoms with Crippen LogP contribution in [0, 0.1) is 5.82 Å². The molecular weight excluding hydrogens is 267 g/mol. The number of hydrogen-bond donors (Lipinski definition) is 0. The normalized spacial score (nSPS) is 10.8. The predicted octanol–water partition coefficient (Wildman–Crippen LogP) is 5.31. The Hall–Kier alpha value is -1.61. The van der Waals surface area contributed by atoms with Crippen LogP contribution in [0.1, 0.15) is 12.0 Å². The second-order valence-corrected chi connectivity index (χ2v) is 8.12. The third-order valence-corrected chi connectivity index (χ3v) is 4.49. The second kappa shape index (κ2) is 7.24. The molecule has 0 aliphatic heterocycles. The van der Waals surface area contributed by atoms with Gasteiger partial charge in [0.05, 0.1) is 0 Å². The quantitative estimate of drug-likeness (QED) is 0.655. The number of benzene rings is 2. The molecule has 0 aromatic heterocycles.